The first-order chi connectivity index (χ1) is 14.7. The number of halogens is 1. The molecule has 0 radical (unpaired) electrons. The van der Waals surface area contributed by atoms with Crippen molar-refractivity contribution in [2.24, 2.45) is 11.7 Å². The molecule has 2 aliphatic rings. The van der Waals surface area contributed by atoms with Crippen molar-refractivity contribution >= 4 is 51.8 Å². The van der Waals surface area contributed by atoms with Gasteiger partial charge in [-0.2, -0.15) is 0 Å². The number of nitrogens with zero attached hydrogens (tertiary/aromatic N) is 3. The fraction of sp³-hybridized carbons (Fsp3) is 0.550. The third-order valence-electron chi connectivity index (χ3n) is 5.52. The summed E-state index contributed by atoms with van der Waals surface area (Å²) in [5.41, 5.74) is 6.48. The molecule has 3 atom stereocenters. The van der Waals surface area contributed by atoms with Crippen molar-refractivity contribution in [3.05, 3.63) is 24.0 Å². The molecule has 2 fully saturated rings. The molecule has 8 nitrogen and oxygen atoms in total. The minimum Gasteiger partial charge on any atom is -0.616 e. The second kappa shape index (κ2) is 10.0. The summed E-state index contributed by atoms with van der Waals surface area (Å²) in [5, 5.41) is 0. The molecular weight excluding hydrogens is 443 g/mol. The van der Waals surface area contributed by atoms with E-state index in [1.54, 1.807) is 17.0 Å². The fourth-order valence-electron chi connectivity index (χ4n) is 3.75. The van der Waals surface area contributed by atoms with Crippen LogP contribution in [0.4, 0.5) is 20.6 Å². The van der Waals surface area contributed by atoms with E-state index >= 15 is 0 Å². The third-order valence-corrected chi connectivity index (χ3v) is 6.57. The maximum atomic E-state index is 14.9. The number of thiocarbonyl (C=S) groups is 1. The number of carbonyl (C=O) groups excluding carboxylic acids is 2. The highest BCUT2D eigenvalue weighted by molar-refractivity contribution is 7.91. The van der Waals surface area contributed by atoms with E-state index in [0.29, 0.717) is 55.5 Å². The number of anilines is 2. The molecule has 3 rings (SSSR count). The average Bonchev–Trinajstić information content (AvgIpc) is 3.07. The van der Waals surface area contributed by atoms with Crippen molar-refractivity contribution < 1.29 is 23.3 Å². The number of piperazine rings is 1. The maximum Gasteiger partial charge on any atom is 0.414 e. The Balaban J connectivity index is 1.61. The number of nitrogens with two attached hydrogens (primary N) is 1. The Bertz CT molecular complexity index is 848. The van der Waals surface area contributed by atoms with E-state index in [1.165, 1.54) is 17.2 Å². The summed E-state index contributed by atoms with van der Waals surface area (Å²) in [5.74, 6) is -0.649. The van der Waals surface area contributed by atoms with Gasteiger partial charge in [-0.1, -0.05) is 19.1 Å². The van der Waals surface area contributed by atoms with E-state index in [4.69, 9.17) is 22.7 Å². The third kappa shape index (κ3) is 5.78. The zero-order valence-corrected chi connectivity index (χ0v) is 19.2. The highest BCUT2D eigenvalue weighted by Crippen LogP contribution is 2.29. The van der Waals surface area contributed by atoms with Crippen LogP contribution in [0.3, 0.4) is 0 Å². The van der Waals surface area contributed by atoms with Gasteiger partial charge >= 0.3 is 6.09 Å². The minimum absolute atomic E-state index is 0.00579. The molecule has 0 aromatic heterocycles. The molecule has 31 heavy (non-hydrogen) atoms. The summed E-state index contributed by atoms with van der Waals surface area (Å²) in [6, 6.07) is 4.66. The Hall–Kier alpha value is -2.11. The van der Waals surface area contributed by atoms with Crippen LogP contribution in [-0.4, -0.2) is 77.3 Å². The van der Waals surface area contributed by atoms with Crippen LogP contribution in [0.2, 0.25) is 0 Å². The molecule has 11 heteroatoms. The monoisotopic (exact) mass is 470 g/mol. The number of rotatable bonds is 7. The summed E-state index contributed by atoms with van der Waals surface area (Å²) in [7, 11) is 0. The molecule has 0 saturated carbocycles. The van der Waals surface area contributed by atoms with Gasteiger partial charge in [0.2, 0.25) is 0 Å². The van der Waals surface area contributed by atoms with Crippen molar-refractivity contribution in [1.82, 2.24) is 4.90 Å². The van der Waals surface area contributed by atoms with Crippen LogP contribution in [-0.2, 0) is 20.7 Å². The summed E-state index contributed by atoms with van der Waals surface area (Å²) in [4.78, 5) is 29.6. The molecule has 2 N–H and O–H groups in total. The lowest BCUT2D eigenvalue weighted by molar-refractivity contribution is -0.128. The van der Waals surface area contributed by atoms with E-state index in [9.17, 15) is 18.5 Å². The zero-order valence-electron chi connectivity index (χ0n) is 17.6. The maximum absolute atomic E-state index is 14.9. The molecule has 2 heterocycles. The molecule has 2 amide bonds. The average molecular weight is 471 g/mol. The number of hydrogen-bond acceptors (Lipinski definition) is 6. The van der Waals surface area contributed by atoms with E-state index in [1.807, 2.05) is 11.8 Å². The quantitative estimate of drug-likeness (QED) is 0.476. The first-order valence-electron chi connectivity index (χ1n) is 10.1. The molecule has 170 valence electrons. The molecule has 0 aliphatic carbocycles. The number of carbonyl (C=O) groups is 2. The second-order valence-electron chi connectivity index (χ2n) is 7.88. The minimum atomic E-state index is -1.18. The largest absolute Gasteiger partial charge is 0.616 e. The van der Waals surface area contributed by atoms with E-state index < -0.39 is 23.1 Å². The first kappa shape index (κ1) is 23.6. The van der Waals surface area contributed by atoms with Crippen molar-refractivity contribution in [1.29, 1.82) is 0 Å². The van der Waals surface area contributed by atoms with Crippen molar-refractivity contribution in [2.45, 2.75) is 19.4 Å². The second-order valence-corrected chi connectivity index (χ2v) is 9.78. The highest BCUT2D eigenvalue weighted by atomic mass is 32.2. The highest BCUT2D eigenvalue weighted by Gasteiger charge is 2.34. The normalized spacial score (nSPS) is 21.1. The Morgan fingerprint density at radius 3 is 2.65 bits per heavy atom. The van der Waals surface area contributed by atoms with Gasteiger partial charge in [0.15, 0.2) is 5.75 Å². The molecule has 2 unspecified atom stereocenters. The van der Waals surface area contributed by atoms with Gasteiger partial charge in [-0.3, -0.25) is 9.69 Å². The summed E-state index contributed by atoms with van der Waals surface area (Å²) in [6.07, 6.45) is 1.15. The molecule has 2 aliphatic heterocycles. The van der Waals surface area contributed by atoms with Crippen LogP contribution >= 0.6 is 12.2 Å². The van der Waals surface area contributed by atoms with E-state index in [2.05, 4.69) is 0 Å². The SMILES string of the molecule is CC(C[C@H]1CN(c2ccc(N3CCN(C(=O)C[S+](C)[O-])CC3)c(F)c2)C(=O)O1)C(N)=S. The standard InChI is InChI=1S/C20H27FN4O4S2/c1-13(19(22)30)9-15-11-25(20(27)29-15)14-3-4-17(16(21)10-14)23-5-7-24(8-6-23)18(26)12-31(2)28/h3-4,10,13,15H,5-9,11-12H2,1-2H3,(H2,22,30)/t13?,15-,31?/m0/s1. The van der Waals surface area contributed by atoms with E-state index in [0.717, 1.165) is 0 Å². The van der Waals surface area contributed by atoms with Gasteiger partial charge in [0, 0.05) is 32.1 Å². The number of benzene rings is 1. The van der Waals surface area contributed by atoms with Crippen LogP contribution < -0.4 is 15.5 Å². The summed E-state index contributed by atoms with van der Waals surface area (Å²) in [6.45, 7) is 4.02. The number of amides is 2. The predicted octanol–water partition coefficient (Wildman–Crippen LogP) is 1.49. The topological polar surface area (TPSA) is 102 Å². The van der Waals surface area contributed by atoms with Gasteiger partial charge in [0.25, 0.3) is 5.91 Å². The smallest absolute Gasteiger partial charge is 0.414 e. The van der Waals surface area contributed by atoms with Crippen LogP contribution in [0.1, 0.15) is 13.3 Å². The van der Waals surface area contributed by atoms with Gasteiger partial charge in [-0.05, 0) is 35.8 Å². The lowest BCUT2D eigenvalue weighted by Crippen LogP contribution is -2.50. The number of cyclic esters (lactones) is 1. The van der Waals surface area contributed by atoms with Gasteiger partial charge in [-0.25, -0.2) is 9.18 Å². The molecule has 0 bridgehead atoms. The van der Waals surface area contributed by atoms with Crippen LogP contribution in [0.15, 0.2) is 18.2 Å². The number of ether oxygens (including phenoxy) is 1. The summed E-state index contributed by atoms with van der Waals surface area (Å²) >= 11 is 3.79. The lowest BCUT2D eigenvalue weighted by atomic mass is 10.0. The summed E-state index contributed by atoms with van der Waals surface area (Å²) < 4.78 is 31.5. The van der Waals surface area contributed by atoms with Crippen LogP contribution in [0, 0.1) is 11.7 Å². The Morgan fingerprint density at radius 2 is 2.06 bits per heavy atom. The van der Waals surface area contributed by atoms with Crippen molar-refractivity contribution in [2.75, 3.05) is 54.5 Å². The van der Waals surface area contributed by atoms with Crippen LogP contribution in [0.5, 0.6) is 0 Å². The lowest BCUT2D eigenvalue weighted by Gasteiger charge is -2.36. The van der Waals surface area contributed by atoms with Gasteiger partial charge in [-0.15, -0.1) is 0 Å². The van der Waals surface area contributed by atoms with E-state index in [-0.39, 0.29) is 23.7 Å². The van der Waals surface area contributed by atoms with Gasteiger partial charge < -0.3 is 24.8 Å². The Labute approximate surface area is 189 Å². The molecular formula is C20H27FN4O4S2. The predicted molar refractivity (Wildman–Crippen MR) is 122 cm³/mol. The molecule has 2 saturated heterocycles. The molecule has 1 aromatic carbocycles. The van der Waals surface area contributed by atoms with Crippen LogP contribution in [0.25, 0.3) is 0 Å². The zero-order chi connectivity index (χ0) is 22.7. The first-order valence-corrected chi connectivity index (χ1v) is 12.2. The van der Waals surface area contributed by atoms with Gasteiger partial charge in [0.1, 0.15) is 11.9 Å². The fourth-order valence-corrected chi connectivity index (χ4v) is 4.37. The molecule has 0 spiro atoms. The molecule has 1 aromatic rings. The van der Waals surface area contributed by atoms with Crippen molar-refractivity contribution in [3.63, 3.8) is 0 Å². The Morgan fingerprint density at radius 1 is 1.39 bits per heavy atom. The number of hydrogen-bond donors (Lipinski definition) is 1. The van der Waals surface area contributed by atoms with Crippen molar-refractivity contribution in [3.8, 4) is 0 Å². The van der Waals surface area contributed by atoms with Gasteiger partial charge in [0.05, 0.1) is 29.2 Å². The Kier molecular flexibility index (Phi) is 7.60.